The van der Waals surface area contributed by atoms with Gasteiger partial charge in [0.25, 0.3) is 0 Å². The van der Waals surface area contributed by atoms with Gasteiger partial charge in [0.15, 0.2) is 0 Å². The van der Waals surface area contributed by atoms with E-state index in [0.717, 1.165) is 16.5 Å². The third-order valence-corrected chi connectivity index (χ3v) is 2.90. The van der Waals surface area contributed by atoms with Gasteiger partial charge in [-0.25, -0.2) is 0 Å². The van der Waals surface area contributed by atoms with Gasteiger partial charge in [0.1, 0.15) is 6.04 Å². The first-order valence-electron chi connectivity index (χ1n) is 5.81. The number of carboxylic acid groups (broad SMARTS) is 2. The molecule has 0 fully saturated rings. The van der Waals surface area contributed by atoms with Crippen LogP contribution in [0, 0.1) is 0 Å². The van der Waals surface area contributed by atoms with Gasteiger partial charge < -0.3 is 15.2 Å². The molecule has 0 unspecified atom stereocenters. The maximum Gasteiger partial charge on any atom is 0.321 e. The summed E-state index contributed by atoms with van der Waals surface area (Å²) in [7, 11) is 0. The van der Waals surface area contributed by atoms with Crippen molar-refractivity contribution in [1.29, 1.82) is 0 Å². The third-order valence-electron chi connectivity index (χ3n) is 2.90. The van der Waals surface area contributed by atoms with E-state index in [4.69, 9.17) is 10.2 Å². The van der Waals surface area contributed by atoms with Crippen molar-refractivity contribution in [2.24, 2.45) is 0 Å². The first-order valence-corrected chi connectivity index (χ1v) is 5.81. The lowest BCUT2D eigenvalue weighted by molar-refractivity contribution is -0.140. The number of para-hydroxylation sites is 1. The Kier molecular flexibility index (Phi) is 3.82. The molecule has 2 aromatic rings. The van der Waals surface area contributed by atoms with Crippen LogP contribution in [-0.4, -0.2) is 39.7 Å². The number of nitrogens with one attached hydrogen (secondary N) is 2. The number of aromatic amines is 1. The van der Waals surface area contributed by atoms with Crippen LogP contribution in [0.25, 0.3) is 10.9 Å². The van der Waals surface area contributed by atoms with Crippen molar-refractivity contribution in [2.75, 3.05) is 6.54 Å². The normalized spacial score (nSPS) is 12.4. The topological polar surface area (TPSA) is 102 Å². The van der Waals surface area contributed by atoms with Crippen molar-refractivity contribution < 1.29 is 19.8 Å². The Balaban J connectivity index is 2.16. The molecule has 4 N–H and O–H groups in total. The molecule has 0 aliphatic carbocycles. The summed E-state index contributed by atoms with van der Waals surface area (Å²) in [6.07, 6.45) is 1.98. The Labute approximate surface area is 109 Å². The quantitative estimate of drug-likeness (QED) is 0.617. The fraction of sp³-hybridized carbons (Fsp3) is 0.231. The summed E-state index contributed by atoms with van der Waals surface area (Å²) >= 11 is 0. The molecule has 0 bridgehead atoms. The fourth-order valence-electron chi connectivity index (χ4n) is 1.98. The summed E-state index contributed by atoms with van der Waals surface area (Å²) in [5.74, 6) is -2.14. The van der Waals surface area contributed by atoms with Crippen molar-refractivity contribution in [1.82, 2.24) is 10.3 Å². The summed E-state index contributed by atoms with van der Waals surface area (Å²) in [5.41, 5.74) is 1.78. The third kappa shape index (κ3) is 3.11. The molecule has 0 saturated heterocycles. The van der Waals surface area contributed by atoms with Crippen molar-refractivity contribution in [3.8, 4) is 0 Å². The molecule has 0 amide bonds. The van der Waals surface area contributed by atoms with Crippen LogP contribution in [0.15, 0.2) is 30.5 Å². The molecule has 1 aromatic carbocycles. The number of H-pyrrole nitrogens is 1. The number of aromatic nitrogens is 1. The Hall–Kier alpha value is -2.34. The van der Waals surface area contributed by atoms with E-state index < -0.39 is 18.0 Å². The van der Waals surface area contributed by atoms with Crippen LogP contribution in [0.2, 0.25) is 0 Å². The van der Waals surface area contributed by atoms with Crippen LogP contribution < -0.4 is 5.32 Å². The molecule has 2 rings (SSSR count). The zero-order valence-corrected chi connectivity index (χ0v) is 10.1. The lowest BCUT2D eigenvalue weighted by atomic mass is 10.1. The van der Waals surface area contributed by atoms with Gasteiger partial charge >= 0.3 is 11.9 Å². The van der Waals surface area contributed by atoms with E-state index in [0.29, 0.717) is 0 Å². The maximum absolute atomic E-state index is 11.1. The number of aliphatic carboxylic acids is 2. The minimum absolute atomic E-state index is 0.229. The zero-order chi connectivity index (χ0) is 13.8. The predicted molar refractivity (Wildman–Crippen MR) is 69.1 cm³/mol. The van der Waals surface area contributed by atoms with E-state index in [1.165, 1.54) is 0 Å². The van der Waals surface area contributed by atoms with Gasteiger partial charge in [0, 0.05) is 23.5 Å². The fourth-order valence-corrected chi connectivity index (χ4v) is 1.98. The molecule has 6 nitrogen and oxygen atoms in total. The molecule has 1 atom stereocenters. The van der Waals surface area contributed by atoms with Crippen LogP contribution in [-0.2, 0) is 16.0 Å². The summed E-state index contributed by atoms with van der Waals surface area (Å²) in [5, 5.41) is 21.1. The summed E-state index contributed by atoms with van der Waals surface area (Å²) in [6, 6.07) is 6.65. The van der Waals surface area contributed by atoms with Gasteiger partial charge in [-0.1, -0.05) is 18.2 Å². The van der Waals surface area contributed by atoms with E-state index >= 15 is 0 Å². The number of hydrogen-bond acceptors (Lipinski definition) is 3. The van der Waals surface area contributed by atoms with Gasteiger partial charge in [-0.3, -0.25) is 14.9 Å². The van der Waals surface area contributed by atoms with E-state index in [1.807, 2.05) is 24.3 Å². The SMILES string of the molecule is O=C(O)CN[C@@H](Cc1c[nH]c2ccccc12)C(=O)O. The van der Waals surface area contributed by atoms with Gasteiger partial charge in [-0.05, 0) is 11.6 Å². The summed E-state index contributed by atoms with van der Waals surface area (Å²) in [4.78, 5) is 24.6. The van der Waals surface area contributed by atoms with Crippen molar-refractivity contribution >= 4 is 22.8 Å². The molecule has 0 aliphatic heterocycles. The first-order chi connectivity index (χ1) is 9.08. The monoisotopic (exact) mass is 262 g/mol. The average Bonchev–Trinajstić information content (AvgIpc) is 2.77. The Morgan fingerprint density at radius 3 is 2.68 bits per heavy atom. The molecule has 6 heteroatoms. The maximum atomic E-state index is 11.1. The van der Waals surface area contributed by atoms with Crippen LogP contribution in [0.4, 0.5) is 0 Å². The van der Waals surface area contributed by atoms with Crippen LogP contribution in [0.5, 0.6) is 0 Å². The molecule has 0 spiro atoms. The van der Waals surface area contributed by atoms with E-state index in [-0.39, 0.29) is 13.0 Å². The number of carboxylic acids is 2. The smallest absolute Gasteiger partial charge is 0.321 e. The lowest BCUT2D eigenvalue weighted by Gasteiger charge is -2.12. The number of carbonyl (C=O) groups is 2. The number of benzene rings is 1. The molecule has 19 heavy (non-hydrogen) atoms. The van der Waals surface area contributed by atoms with E-state index in [1.54, 1.807) is 6.20 Å². The molecule has 0 radical (unpaired) electrons. The zero-order valence-electron chi connectivity index (χ0n) is 10.1. The van der Waals surface area contributed by atoms with E-state index in [2.05, 4.69) is 10.3 Å². The molecule has 1 aromatic heterocycles. The Morgan fingerprint density at radius 2 is 2.00 bits per heavy atom. The van der Waals surface area contributed by atoms with Gasteiger partial charge in [0.2, 0.25) is 0 Å². The summed E-state index contributed by atoms with van der Waals surface area (Å²) in [6.45, 7) is -0.376. The second-order valence-electron chi connectivity index (χ2n) is 4.23. The lowest BCUT2D eigenvalue weighted by Crippen LogP contribution is -2.41. The van der Waals surface area contributed by atoms with Crippen LogP contribution >= 0.6 is 0 Å². The summed E-state index contributed by atoms with van der Waals surface area (Å²) < 4.78 is 0. The molecule has 0 aliphatic rings. The van der Waals surface area contributed by atoms with Gasteiger partial charge in [-0.2, -0.15) is 0 Å². The highest BCUT2D eigenvalue weighted by Crippen LogP contribution is 2.19. The molecule has 0 saturated carbocycles. The highest BCUT2D eigenvalue weighted by molar-refractivity contribution is 5.84. The number of rotatable bonds is 6. The molecular weight excluding hydrogens is 248 g/mol. The van der Waals surface area contributed by atoms with Gasteiger partial charge in [-0.15, -0.1) is 0 Å². The molecular formula is C13H14N2O4. The predicted octanol–water partition coefficient (Wildman–Crippen LogP) is 0.838. The number of fused-ring (bicyclic) bond motifs is 1. The van der Waals surface area contributed by atoms with Crippen molar-refractivity contribution in [2.45, 2.75) is 12.5 Å². The van der Waals surface area contributed by atoms with Crippen molar-refractivity contribution in [3.63, 3.8) is 0 Å². The molecule has 100 valence electrons. The van der Waals surface area contributed by atoms with Gasteiger partial charge in [0.05, 0.1) is 6.54 Å². The molecule has 1 heterocycles. The second kappa shape index (κ2) is 5.53. The van der Waals surface area contributed by atoms with Crippen LogP contribution in [0.3, 0.4) is 0 Å². The Bertz CT molecular complexity index is 605. The Morgan fingerprint density at radius 1 is 1.26 bits per heavy atom. The minimum Gasteiger partial charge on any atom is -0.480 e. The highest BCUT2D eigenvalue weighted by atomic mass is 16.4. The number of hydrogen-bond donors (Lipinski definition) is 4. The minimum atomic E-state index is -1.08. The second-order valence-corrected chi connectivity index (χ2v) is 4.23. The van der Waals surface area contributed by atoms with Crippen LogP contribution in [0.1, 0.15) is 5.56 Å². The average molecular weight is 262 g/mol. The van der Waals surface area contributed by atoms with Crippen molar-refractivity contribution in [3.05, 3.63) is 36.0 Å². The van der Waals surface area contributed by atoms with E-state index in [9.17, 15) is 9.59 Å². The largest absolute Gasteiger partial charge is 0.480 e. The first kappa shape index (κ1) is 13.1. The highest BCUT2D eigenvalue weighted by Gasteiger charge is 2.19. The standard InChI is InChI=1S/C13H14N2O4/c16-12(17)7-15-11(13(18)19)5-8-6-14-10-4-2-1-3-9(8)10/h1-4,6,11,14-15H,5,7H2,(H,16,17)(H,18,19)/t11-/m0/s1.